The van der Waals surface area contributed by atoms with Crippen molar-refractivity contribution in [3.8, 4) is 0 Å². The summed E-state index contributed by atoms with van der Waals surface area (Å²) in [5, 5.41) is 2.76. The first-order valence-electron chi connectivity index (χ1n) is 8.70. The Morgan fingerprint density at radius 1 is 1.15 bits per heavy atom. The van der Waals surface area contributed by atoms with E-state index in [9.17, 15) is 18.0 Å². The predicted octanol–water partition coefficient (Wildman–Crippen LogP) is 0.430. The van der Waals surface area contributed by atoms with E-state index in [1.807, 2.05) is 0 Å². The van der Waals surface area contributed by atoms with Crippen LogP contribution in [0.3, 0.4) is 0 Å². The fourth-order valence-electron chi connectivity index (χ4n) is 2.76. The van der Waals surface area contributed by atoms with Crippen LogP contribution in [0.25, 0.3) is 0 Å². The number of nitrogens with zero attached hydrogens (tertiary/aromatic N) is 2. The number of carbonyl (C=O) groups excluding carboxylic acids is 2. The third-order valence-electron chi connectivity index (χ3n) is 4.33. The van der Waals surface area contributed by atoms with Gasteiger partial charge in [-0.25, -0.2) is 8.42 Å². The van der Waals surface area contributed by atoms with Gasteiger partial charge in [0.2, 0.25) is 15.9 Å². The van der Waals surface area contributed by atoms with Gasteiger partial charge in [-0.05, 0) is 37.6 Å². The van der Waals surface area contributed by atoms with Crippen molar-refractivity contribution in [3.63, 3.8) is 0 Å². The zero-order valence-electron chi connectivity index (χ0n) is 15.4. The zero-order chi connectivity index (χ0) is 19.2. The number of hydrogen-bond donors (Lipinski definition) is 2. The van der Waals surface area contributed by atoms with E-state index in [-0.39, 0.29) is 42.2 Å². The normalized spacial score (nSPS) is 15.1. The van der Waals surface area contributed by atoms with E-state index in [0.717, 1.165) is 12.8 Å². The zero-order valence-corrected chi connectivity index (χ0v) is 17.0. The molecule has 152 valence electrons. The third-order valence-corrected chi connectivity index (χ3v) is 6.23. The van der Waals surface area contributed by atoms with Crippen molar-refractivity contribution < 1.29 is 18.0 Å². The molecule has 10 heteroatoms. The number of piperazine rings is 1. The number of amides is 2. The van der Waals surface area contributed by atoms with Gasteiger partial charge in [0.25, 0.3) is 5.91 Å². The number of carbonyl (C=O) groups is 2. The third kappa shape index (κ3) is 6.17. The topological polar surface area (TPSA) is 113 Å². The van der Waals surface area contributed by atoms with Crippen LogP contribution in [-0.4, -0.2) is 68.7 Å². The summed E-state index contributed by atoms with van der Waals surface area (Å²) in [7, 11) is -3.70. The highest BCUT2D eigenvalue weighted by molar-refractivity contribution is 7.89. The molecule has 2 amide bonds. The maximum absolute atomic E-state index is 12.8. The summed E-state index contributed by atoms with van der Waals surface area (Å²) < 4.78 is 27.0. The van der Waals surface area contributed by atoms with Gasteiger partial charge in [0.15, 0.2) is 0 Å². The summed E-state index contributed by atoms with van der Waals surface area (Å²) >= 11 is 0. The SMILES string of the molecule is CC(=O)N1CCN(S(=O)(=O)c2cccc(C(=O)NCCCCN)c2)CC1.Cl. The lowest BCUT2D eigenvalue weighted by molar-refractivity contribution is -0.129. The number of nitrogens with one attached hydrogen (secondary N) is 1. The second-order valence-corrected chi connectivity index (χ2v) is 8.13. The maximum Gasteiger partial charge on any atom is 0.251 e. The maximum atomic E-state index is 12.8. The number of benzene rings is 1. The van der Waals surface area contributed by atoms with Crippen molar-refractivity contribution in [2.75, 3.05) is 39.3 Å². The summed E-state index contributed by atoms with van der Waals surface area (Å²) in [5.74, 6) is -0.365. The van der Waals surface area contributed by atoms with Crippen LogP contribution in [0.4, 0.5) is 0 Å². The highest BCUT2D eigenvalue weighted by atomic mass is 35.5. The van der Waals surface area contributed by atoms with E-state index in [1.165, 1.54) is 23.4 Å². The monoisotopic (exact) mass is 418 g/mol. The quantitative estimate of drug-likeness (QED) is 0.623. The molecule has 0 aromatic heterocycles. The first kappa shape index (κ1) is 23.4. The summed E-state index contributed by atoms with van der Waals surface area (Å²) in [6.45, 7) is 3.78. The van der Waals surface area contributed by atoms with Crippen LogP contribution in [0.15, 0.2) is 29.2 Å². The molecule has 0 saturated carbocycles. The summed E-state index contributed by atoms with van der Waals surface area (Å²) in [5.41, 5.74) is 5.72. The molecule has 1 fully saturated rings. The molecule has 27 heavy (non-hydrogen) atoms. The fourth-order valence-corrected chi connectivity index (χ4v) is 4.23. The molecular weight excluding hydrogens is 392 g/mol. The van der Waals surface area contributed by atoms with Gasteiger partial charge >= 0.3 is 0 Å². The van der Waals surface area contributed by atoms with Crippen LogP contribution in [0.5, 0.6) is 0 Å². The minimum Gasteiger partial charge on any atom is -0.352 e. The molecule has 1 aliphatic rings. The van der Waals surface area contributed by atoms with E-state index in [2.05, 4.69) is 5.32 Å². The van der Waals surface area contributed by atoms with Gasteiger partial charge in [0, 0.05) is 45.2 Å². The van der Waals surface area contributed by atoms with Gasteiger partial charge < -0.3 is 16.0 Å². The molecular formula is C17H27ClN4O4S. The molecule has 0 radical (unpaired) electrons. The highest BCUT2D eigenvalue weighted by Crippen LogP contribution is 2.19. The second-order valence-electron chi connectivity index (χ2n) is 6.19. The second kappa shape index (κ2) is 10.6. The van der Waals surface area contributed by atoms with E-state index < -0.39 is 10.0 Å². The van der Waals surface area contributed by atoms with Crippen molar-refractivity contribution in [1.82, 2.24) is 14.5 Å². The average molecular weight is 419 g/mol. The number of hydrogen-bond acceptors (Lipinski definition) is 5. The van der Waals surface area contributed by atoms with Crippen LogP contribution >= 0.6 is 12.4 Å². The van der Waals surface area contributed by atoms with Crippen molar-refractivity contribution >= 4 is 34.2 Å². The lowest BCUT2D eigenvalue weighted by atomic mass is 10.2. The Kier molecular flexibility index (Phi) is 9.17. The number of sulfonamides is 1. The van der Waals surface area contributed by atoms with Crippen LogP contribution in [-0.2, 0) is 14.8 Å². The predicted molar refractivity (Wildman–Crippen MR) is 105 cm³/mol. The lowest BCUT2D eigenvalue weighted by Gasteiger charge is -2.33. The molecule has 2 rings (SSSR count). The molecule has 1 aliphatic heterocycles. The Morgan fingerprint density at radius 3 is 2.41 bits per heavy atom. The van der Waals surface area contributed by atoms with Crippen molar-refractivity contribution in [3.05, 3.63) is 29.8 Å². The smallest absolute Gasteiger partial charge is 0.251 e. The van der Waals surface area contributed by atoms with Crippen LogP contribution in [0.1, 0.15) is 30.1 Å². The van der Waals surface area contributed by atoms with Crippen LogP contribution < -0.4 is 11.1 Å². The molecule has 8 nitrogen and oxygen atoms in total. The molecule has 0 atom stereocenters. The molecule has 1 heterocycles. The largest absolute Gasteiger partial charge is 0.352 e. The van der Waals surface area contributed by atoms with Gasteiger partial charge in [-0.1, -0.05) is 6.07 Å². The average Bonchev–Trinajstić information content (AvgIpc) is 2.65. The highest BCUT2D eigenvalue weighted by Gasteiger charge is 2.29. The number of unbranched alkanes of at least 4 members (excludes halogenated alkanes) is 1. The minimum atomic E-state index is -3.70. The minimum absolute atomic E-state index is 0. The Balaban J connectivity index is 0.00000364. The van der Waals surface area contributed by atoms with Gasteiger partial charge in [0.05, 0.1) is 4.90 Å². The molecule has 1 aromatic carbocycles. The lowest BCUT2D eigenvalue weighted by Crippen LogP contribution is -2.49. The molecule has 0 bridgehead atoms. The van der Waals surface area contributed by atoms with Crippen LogP contribution in [0, 0.1) is 0 Å². The van der Waals surface area contributed by atoms with E-state index in [4.69, 9.17) is 5.73 Å². The summed E-state index contributed by atoms with van der Waals surface area (Å²) in [4.78, 5) is 25.3. The molecule has 1 saturated heterocycles. The molecule has 3 N–H and O–H groups in total. The fraction of sp³-hybridized carbons (Fsp3) is 0.529. The van der Waals surface area contributed by atoms with Crippen LogP contribution in [0.2, 0.25) is 0 Å². The molecule has 0 spiro atoms. The Labute approximate surface area is 166 Å². The number of rotatable bonds is 7. The van der Waals surface area contributed by atoms with E-state index >= 15 is 0 Å². The van der Waals surface area contributed by atoms with Crippen molar-refractivity contribution in [1.29, 1.82) is 0 Å². The molecule has 1 aromatic rings. The summed E-state index contributed by atoms with van der Waals surface area (Å²) in [6, 6.07) is 6.03. The number of halogens is 1. The first-order valence-corrected chi connectivity index (χ1v) is 10.1. The summed E-state index contributed by atoms with van der Waals surface area (Å²) in [6.07, 6.45) is 1.60. The van der Waals surface area contributed by atoms with E-state index in [0.29, 0.717) is 31.7 Å². The Bertz CT molecular complexity index is 749. The van der Waals surface area contributed by atoms with Crippen molar-refractivity contribution in [2.24, 2.45) is 5.73 Å². The van der Waals surface area contributed by atoms with Gasteiger partial charge in [-0.3, -0.25) is 9.59 Å². The van der Waals surface area contributed by atoms with Gasteiger partial charge in [-0.2, -0.15) is 4.31 Å². The number of nitrogens with two attached hydrogens (primary N) is 1. The van der Waals surface area contributed by atoms with E-state index in [1.54, 1.807) is 17.0 Å². The van der Waals surface area contributed by atoms with Crippen molar-refractivity contribution in [2.45, 2.75) is 24.7 Å². The molecule has 0 aliphatic carbocycles. The van der Waals surface area contributed by atoms with Gasteiger partial charge in [0.1, 0.15) is 0 Å². The Hall–Kier alpha value is -1.68. The standard InChI is InChI=1S/C17H26N4O4S.ClH/c1-14(22)20-9-11-21(12-10-20)26(24,25)16-6-4-5-15(13-16)17(23)19-8-3-2-7-18;/h4-6,13H,2-3,7-12,18H2,1H3,(H,19,23);1H. The van der Waals surface area contributed by atoms with Gasteiger partial charge in [-0.15, -0.1) is 12.4 Å². The molecule has 0 unspecified atom stereocenters. The Morgan fingerprint density at radius 2 is 1.81 bits per heavy atom. The first-order chi connectivity index (χ1) is 12.4.